The van der Waals surface area contributed by atoms with Crippen molar-refractivity contribution in [2.24, 2.45) is 0 Å². The van der Waals surface area contributed by atoms with Gasteiger partial charge in [-0.3, -0.25) is 0 Å². The lowest BCUT2D eigenvalue weighted by Gasteiger charge is -1.96. The molecule has 0 aliphatic carbocycles. The Balaban J connectivity index is 3.31. The van der Waals surface area contributed by atoms with Crippen LogP contribution in [0.2, 0.25) is 0 Å². The van der Waals surface area contributed by atoms with Crippen LogP contribution in [0.4, 0.5) is 0 Å². The van der Waals surface area contributed by atoms with Crippen molar-refractivity contribution in [3.8, 4) is 18.1 Å². The monoisotopic (exact) mass is 196 g/mol. The molecule has 1 rings (SSSR count). The van der Waals surface area contributed by atoms with Gasteiger partial charge in [0.1, 0.15) is 5.75 Å². The zero-order valence-electron chi connectivity index (χ0n) is 5.13. The fraction of sp³-hybridized carbons (Fsp3) is 0. The van der Waals surface area contributed by atoms with Crippen LogP contribution in [0.5, 0.6) is 5.75 Å². The number of terminal acetylenes is 1. The molecule has 1 aromatic rings. The van der Waals surface area contributed by atoms with Gasteiger partial charge in [-0.1, -0.05) is 12.0 Å². The van der Waals surface area contributed by atoms with Crippen LogP contribution in [0, 0.1) is 12.3 Å². The Morgan fingerprint density at radius 2 is 2.20 bits per heavy atom. The van der Waals surface area contributed by atoms with E-state index in [1.54, 1.807) is 18.2 Å². The summed E-state index contributed by atoms with van der Waals surface area (Å²) in [6.07, 6.45) is 5.13. The molecule has 0 saturated heterocycles. The number of rotatable bonds is 0. The highest BCUT2D eigenvalue weighted by molar-refractivity contribution is 9.10. The van der Waals surface area contributed by atoms with Gasteiger partial charge in [-0.15, -0.1) is 6.42 Å². The van der Waals surface area contributed by atoms with Gasteiger partial charge in [0.05, 0.1) is 4.47 Å². The van der Waals surface area contributed by atoms with Gasteiger partial charge in [-0.2, -0.15) is 0 Å². The average molecular weight is 197 g/mol. The van der Waals surface area contributed by atoms with Crippen molar-refractivity contribution in [2.45, 2.75) is 0 Å². The van der Waals surface area contributed by atoms with Crippen LogP contribution in [0.1, 0.15) is 5.56 Å². The third kappa shape index (κ3) is 1.14. The SMILES string of the molecule is C#Cc1cccc(O)c1Br. The standard InChI is InChI=1S/C8H5BrO/c1-2-6-4-3-5-7(10)8(6)9/h1,3-5,10H. The number of hydrogen-bond donors (Lipinski definition) is 1. The first-order chi connectivity index (χ1) is 4.75. The predicted octanol–water partition coefficient (Wildman–Crippen LogP) is 2.14. The number of benzene rings is 1. The zero-order valence-corrected chi connectivity index (χ0v) is 6.72. The maximum atomic E-state index is 9.09. The van der Waals surface area contributed by atoms with Gasteiger partial charge in [0.25, 0.3) is 0 Å². The van der Waals surface area contributed by atoms with E-state index in [0.717, 1.165) is 0 Å². The van der Waals surface area contributed by atoms with Crippen LogP contribution < -0.4 is 0 Å². The van der Waals surface area contributed by atoms with Gasteiger partial charge in [-0.25, -0.2) is 0 Å². The molecule has 0 aliphatic rings. The first-order valence-electron chi connectivity index (χ1n) is 2.70. The van der Waals surface area contributed by atoms with E-state index in [9.17, 15) is 0 Å². The Labute approximate surface area is 67.8 Å². The van der Waals surface area contributed by atoms with Gasteiger partial charge in [0.15, 0.2) is 0 Å². The Morgan fingerprint density at radius 1 is 1.50 bits per heavy atom. The van der Waals surface area contributed by atoms with Crippen LogP contribution >= 0.6 is 15.9 Å². The molecule has 10 heavy (non-hydrogen) atoms. The Hall–Kier alpha value is -0.940. The molecule has 0 bridgehead atoms. The first-order valence-corrected chi connectivity index (χ1v) is 3.49. The van der Waals surface area contributed by atoms with E-state index >= 15 is 0 Å². The van der Waals surface area contributed by atoms with E-state index in [-0.39, 0.29) is 5.75 Å². The van der Waals surface area contributed by atoms with Crippen molar-refractivity contribution in [3.05, 3.63) is 28.2 Å². The highest BCUT2D eigenvalue weighted by atomic mass is 79.9. The number of aromatic hydroxyl groups is 1. The minimum absolute atomic E-state index is 0.176. The Morgan fingerprint density at radius 3 is 2.70 bits per heavy atom. The number of phenolic OH excluding ortho intramolecular Hbond substituents is 1. The van der Waals surface area contributed by atoms with E-state index in [1.807, 2.05) is 0 Å². The molecule has 0 atom stereocenters. The van der Waals surface area contributed by atoms with Crippen molar-refractivity contribution in [2.75, 3.05) is 0 Å². The van der Waals surface area contributed by atoms with E-state index < -0.39 is 0 Å². The number of phenols is 1. The minimum Gasteiger partial charge on any atom is -0.507 e. The topological polar surface area (TPSA) is 20.2 Å². The second kappa shape index (κ2) is 2.76. The molecule has 0 radical (unpaired) electrons. The Kier molecular flexibility index (Phi) is 1.98. The van der Waals surface area contributed by atoms with Crippen molar-refractivity contribution in [1.82, 2.24) is 0 Å². The molecule has 2 heteroatoms. The summed E-state index contributed by atoms with van der Waals surface area (Å²) in [6.45, 7) is 0. The molecule has 0 fully saturated rings. The largest absolute Gasteiger partial charge is 0.507 e. The Bertz CT molecular complexity index is 286. The molecule has 0 unspecified atom stereocenters. The van der Waals surface area contributed by atoms with Crippen LogP contribution in [0.25, 0.3) is 0 Å². The van der Waals surface area contributed by atoms with Gasteiger partial charge < -0.3 is 5.11 Å². The van der Waals surface area contributed by atoms with E-state index in [2.05, 4.69) is 21.9 Å². The average Bonchev–Trinajstić information content (AvgIpc) is 1.95. The molecular weight excluding hydrogens is 192 g/mol. The summed E-state index contributed by atoms with van der Waals surface area (Å²) in [7, 11) is 0. The first kappa shape index (κ1) is 7.17. The molecular formula is C8H5BrO. The minimum atomic E-state index is 0.176. The van der Waals surface area contributed by atoms with Crippen LogP contribution in [-0.4, -0.2) is 5.11 Å². The summed E-state index contributed by atoms with van der Waals surface area (Å²) in [6, 6.07) is 5.03. The molecule has 50 valence electrons. The summed E-state index contributed by atoms with van der Waals surface area (Å²) in [4.78, 5) is 0. The fourth-order valence-electron chi connectivity index (χ4n) is 0.631. The van der Waals surface area contributed by atoms with Gasteiger partial charge in [0, 0.05) is 5.56 Å². The molecule has 0 spiro atoms. The van der Waals surface area contributed by atoms with Gasteiger partial charge >= 0.3 is 0 Å². The summed E-state index contributed by atoms with van der Waals surface area (Å²) in [5.41, 5.74) is 0.667. The molecule has 0 aliphatic heterocycles. The molecule has 0 saturated carbocycles. The molecule has 0 heterocycles. The quantitative estimate of drug-likeness (QED) is 0.631. The third-order valence-corrected chi connectivity index (χ3v) is 1.97. The smallest absolute Gasteiger partial charge is 0.131 e. The lowest BCUT2D eigenvalue weighted by Crippen LogP contribution is -1.75. The molecule has 0 aromatic heterocycles. The number of hydrogen-bond acceptors (Lipinski definition) is 1. The van der Waals surface area contributed by atoms with Crippen molar-refractivity contribution in [1.29, 1.82) is 0 Å². The van der Waals surface area contributed by atoms with Crippen molar-refractivity contribution >= 4 is 15.9 Å². The summed E-state index contributed by atoms with van der Waals surface area (Å²) < 4.78 is 0.581. The lowest BCUT2D eigenvalue weighted by molar-refractivity contribution is 0.472. The highest BCUT2D eigenvalue weighted by Gasteiger charge is 1.99. The molecule has 1 nitrogen and oxygen atoms in total. The van der Waals surface area contributed by atoms with Gasteiger partial charge in [0.2, 0.25) is 0 Å². The van der Waals surface area contributed by atoms with Crippen LogP contribution in [-0.2, 0) is 0 Å². The van der Waals surface area contributed by atoms with E-state index in [1.165, 1.54) is 0 Å². The van der Waals surface area contributed by atoms with Crippen LogP contribution in [0.15, 0.2) is 22.7 Å². The molecule has 1 N–H and O–H groups in total. The summed E-state index contributed by atoms with van der Waals surface area (Å²) in [5.74, 6) is 2.61. The normalized spacial score (nSPS) is 8.80. The molecule has 1 aromatic carbocycles. The third-order valence-electron chi connectivity index (χ3n) is 1.13. The number of halogens is 1. The van der Waals surface area contributed by atoms with Crippen LogP contribution in [0.3, 0.4) is 0 Å². The molecule has 0 amide bonds. The van der Waals surface area contributed by atoms with Crippen molar-refractivity contribution in [3.63, 3.8) is 0 Å². The second-order valence-corrected chi connectivity index (χ2v) is 2.58. The van der Waals surface area contributed by atoms with Gasteiger partial charge in [-0.05, 0) is 28.1 Å². The van der Waals surface area contributed by atoms with E-state index in [4.69, 9.17) is 11.5 Å². The lowest BCUT2D eigenvalue weighted by atomic mass is 10.2. The fourth-order valence-corrected chi connectivity index (χ4v) is 1.01. The second-order valence-electron chi connectivity index (χ2n) is 1.78. The maximum absolute atomic E-state index is 9.09. The summed E-state index contributed by atoms with van der Waals surface area (Å²) in [5, 5.41) is 9.09. The van der Waals surface area contributed by atoms with E-state index in [0.29, 0.717) is 10.0 Å². The van der Waals surface area contributed by atoms with Crippen molar-refractivity contribution < 1.29 is 5.11 Å². The predicted molar refractivity (Wildman–Crippen MR) is 43.7 cm³/mol. The summed E-state index contributed by atoms with van der Waals surface area (Å²) >= 11 is 3.15. The highest BCUT2D eigenvalue weighted by Crippen LogP contribution is 2.26. The zero-order chi connectivity index (χ0) is 7.56. The maximum Gasteiger partial charge on any atom is 0.131 e.